The minimum Gasteiger partial charge on any atom is -0.367 e. The monoisotopic (exact) mass is 377 g/mol. The molecule has 0 radical (unpaired) electrons. The van der Waals surface area contributed by atoms with Crippen molar-refractivity contribution >= 4 is 36.5 Å². The number of nitriles is 1. The summed E-state index contributed by atoms with van der Waals surface area (Å²) in [7, 11) is -1.13. The first kappa shape index (κ1) is 18.2. The molecule has 134 valence electrons. The number of hydrogen-bond donors (Lipinski definition) is 1. The van der Waals surface area contributed by atoms with Crippen LogP contribution in [-0.4, -0.2) is 35.3 Å². The highest BCUT2D eigenvalue weighted by molar-refractivity contribution is 6.76. The third kappa shape index (κ3) is 4.32. The maximum Gasteiger partial charge on any atom is 0.226 e. The summed E-state index contributed by atoms with van der Waals surface area (Å²) in [6.45, 7) is 8.03. The minimum atomic E-state index is -1.13. The Morgan fingerprint density at radius 3 is 2.76 bits per heavy atom. The molecule has 3 rings (SSSR count). The number of hydrogen-bond acceptors (Lipinski definition) is 5. The van der Waals surface area contributed by atoms with Crippen LogP contribution in [0.1, 0.15) is 24.8 Å². The highest BCUT2D eigenvalue weighted by atomic mass is 35.5. The number of rotatable bonds is 7. The molecule has 0 amide bonds. The molecule has 1 aliphatic carbocycles. The van der Waals surface area contributed by atoms with E-state index in [1.807, 2.05) is 4.57 Å². The average molecular weight is 378 g/mol. The molecule has 6 nitrogen and oxygen atoms in total. The van der Waals surface area contributed by atoms with Crippen molar-refractivity contribution in [1.29, 1.82) is 5.26 Å². The van der Waals surface area contributed by atoms with Gasteiger partial charge in [-0.3, -0.25) is 0 Å². The van der Waals surface area contributed by atoms with Gasteiger partial charge in [-0.25, -0.2) is 0 Å². The second-order valence-electron chi connectivity index (χ2n) is 7.78. The predicted octanol–water partition coefficient (Wildman–Crippen LogP) is 4.23. The second kappa shape index (κ2) is 7.32. The molecule has 0 atom stereocenters. The van der Waals surface area contributed by atoms with Crippen molar-refractivity contribution in [1.82, 2.24) is 14.5 Å². The van der Waals surface area contributed by atoms with Crippen LogP contribution < -0.4 is 5.32 Å². The lowest BCUT2D eigenvalue weighted by Gasteiger charge is -2.27. The van der Waals surface area contributed by atoms with Gasteiger partial charge in [0.2, 0.25) is 5.28 Å². The Bertz CT molecular complexity index is 804. The van der Waals surface area contributed by atoms with Gasteiger partial charge in [0.25, 0.3) is 0 Å². The fraction of sp³-hybridized carbons (Fsp3) is 0.588. The van der Waals surface area contributed by atoms with Crippen molar-refractivity contribution in [2.75, 3.05) is 11.9 Å². The molecule has 2 aromatic heterocycles. The molecule has 1 aliphatic rings. The molecule has 1 saturated carbocycles. The summed E-state index contributed by atoms with van der Waals surface area (Å²) in [5, 5.41) is 13.8. The van der Waals surface area contributed by atoms with Crippen LogP contribution >= 0.6 is 11.6 Å². The zero-order valence-corrected chi connectivity index (χ0v) is 16.7. The Hall–Kier alpha value is -1.62. The fourth-order valence-corrected chi connectivity index (χ4v) is 3.66. The largest absolute Gasteiger partial charge is 0.367 e. The normalized spacial score (nSPS) is 15.2. The highest BCUT2D eigenvalue weighted by Gasteiger charge is 2.22. The summed E-state index contributed by atoms with van der Waals surface area (Å²) in [4.78, 5) is 8.66. The maximum atomic E-state index is 9.51. The van der Waals surface area contributed by atoms with Crippen LogP contribution in [0.5, 0.6) is 0 Å². The van der Waals surface area contributed by atoms with Crippen LogP contribution in [0.15, 0.2) is 6.20 Å². The summed E-state index contributed by atoms with van der Waals surface area (Å²) in [5.41, 5.74) is 1.19. The van der Waals surface area contributed by atoms with Crippen molar-refractivity contribution in [3.8, 4) is 6.07 Å². The predicted molar refractivity (Wildman–Crippen MR) is 103 cm³/mol. The summed E-state index contributed by atoms with van der Waals surface area (Å²) in [6, 6.07) is 3.74. The topological polar surface area (TPSA) is 75.8 Å². The van der Waals surface area contributed by atoms with E-state index in [-0.39, 0.29) is 5.28 Å². The number of anilines is 1. The van der Waals surface area contributed by atoms with Crippen molar-refractivity contribution in [2.45, 2.75) is 57.7 Å². The van der Waals surface area contributed by atoms with E-state index in [2.05, 4.69) is 41.0 Å². The van der Waals surface area contributed by atoms with Crippen molar-refractivity contribution < 1.29 is 4.74 Å². The van der Waals surface area contributed by atoms with Crippen LogP contribution in [0, 0.1) is 11.3 Å². The Kier molecular flexibility index (Phi) is 5.32. The van der Waals surface area contributed by atoms with Crippen LogP contribution in [-0.2, 0) is 11.5 Å². The maximum absolute atomic E-state index is 9.51. The summed E-state index contributed by atoms with van der Waals surface area (Å²) in [6.07, 6.45) is 5.23. The molecule has 0 unspecified atom stereocenters. The molecule has 0 aliphatic heterocycles. The van der Waals surface area contributed by atoms with Gasteiger partial charge in [0.1, 0.15) is 24.3 Å². The van der Waals surface area contributed by atoms with E-state index in [9.17, 15) is 5.26 Å². The lowest BCUT2D eigenvalue weighted by molar-refractivity contribution is 0.0898. The molecule has 0 bridgehead atoms. The van der Waals surface area contributed by atoms with Gasteiger partial charge in [-0.1, -0.05) is 19.6 Å². The average Bonchev–Trinajstić information content (AvgIpc) is 2.84. The SMILES string of the molecule is C[Si](C)(C)CCOCn1cc(C#N)c2c(NC3CCC3)nc(Cl)nc21. The molecule has 25 heavy (non-hydrogen) atoms. The van der Waals surface area contributed by atoms with Gasteiger partial charge in [-0.05, 0) is 36.9 Å². The van der Waals surface area contributed by atoms with Gasteiger partial charge in [0, 0.05) is 26.9 Å². The van der Waals surface area contributed by atoms with Crippen molar-refractivity contribution in [3.63, 3.8) is 0 Å². The van der Waals surface area contributed by atoms with Gasteiger partial charge in [0.15, 0.2) is 0 Å². The zero-order valence-electron chi connectivity index (χ0n) is 15.0. The number of nitrogens with zero attached hydrogens (tertiary/aromatic N) is 4. The molecule has 0 spiro atoms. The van der Waals surface area contributed by atoms with Crippen molar-refractivity contribution in [3.05, 3.63) is 17.0 Å². The molecule has 2 heterocycles. The zero-order chi connectivity index (χ0) is 18.0. The summed E-state index contributed by atoms with van der Waals surface area (Å²) in [5.74, 6) is 0.650. The third-order valence-corrected chi connectivity index (χ3v) is 6.36. The summed E-state index contributed by atoms with van der Waals surface area (Å²) >= 11 is 6.12. The number of ether oxygens (including phenoxy) is 1. The Labute approximate surface area is 154 Å². The minimum absolute atomic E-state index is 0.181. The van der Waals surface area contributed by atoms with Gasteiger partial charge >= 0.3 is 0 Å². The van der Waals surface area contributed by atoms with Crippen LogP contribution in [0.25, 0.3) is 11.0 Å². The van der Waals surface area contributed by atoms with Gasteiger partial charge in [-0.2, -0.15) is 15.2 Å². The van der Waals surface area contributed by atoms with Gasteiger partial charge in [0.05, 0.1) is 10.9 Å². The quantitative estimate of drug-likeness (QED) is 0.443. The van der Waals surface area contributed by atoms with Crippen LogP contribution in [0.3, 0.4) is 0 Å². The van der Waals surface area contributed by atoms with E-state index in [1.54, 1.807) is 6.20 Å². The molecule has 8 heteroatoms. The van der Waals surface area contributed by atoms with Crippen LogP contribution in [0.2, 0.25) is 31.0 Å². The highest BCUT2D eigenvalue weighted by Crippen LogP contribution is 2.31. The standard InChI is InChI=1S/C17H24ClN5OSi/c1-25(2,3)8-7-24-11-23-10-12(9-19)14-15(20-13-5-4-6-13)21-17(18)22-16(14)23/h10,13H,4-8,11H2,1-3H3,(H,20,21,22). The number of nitrogens with one attached hydrogen (secondary N) is 1. The van der Waals surface area contributed by atoms with Crippen molar-refractivity contribution in [2.24, 2.45) is 0 Å². The molecule has 0 saturated heterocycles. The summed E-state index contributed by atoms with van der Waals surface area (Å²) < 4.78 is 7.66. The lowest BCUT2D eigenvalue weighted by Crippen LogP contribution is -2.27. The Balaban J connectivity index is 1.85. The van der Waals surface area contributed by atoms with Gasteiger partial charge < -0.3 is 14.6 Å². The molecule has 0 aromatic carbocycles. The third-order valence-electron chi connectivity index (χ3n) is 4.48. The Morgan fingerprint density at radius 2 is 2.16 bits per heavy atom. The molecule has 1 N–H and O–H groups in total. The van der Waals surface area contributed by atoms with E-state index >= 15 is 0 Å². The smallest absolute Gasteiger partial charge is 0.226 e. The second-order valence-corrected chi connectivity index (χ2v) is 13.7. The van der Waals surface area contributed by atoms with Gasteiger partial charge in [-0.15, -0.1) is 0 Å². The number of aromatic nitrogens is 3. The van der Waals surface area contributed by atoms with E-state index < -0.39 is 8.07 Å². The number of halogens is 1. The van der Waals surface area contributed by atoms with E-state index in [1.165, 1.54) is 6.42 Å². The molecule has 2 aromatic rings. The fourth-order valence-electron chi connectivity index (χ4n) is 2.73. The van der Waals surface area contributed by atoms with E-state index in [0.717, 1.165) is 24.3 Å². The molecule has 1 fully saturated rings. The molecular formula is C17H24ClN5OSi. The first-order chi connectivity index (χ1) is 11.9. The van der Waals surface area contributed by atoms with Crippen LogP contribution in [0.4, 0.5) is 5.82 Å². The lowest BCUT2D eigenvalue weighted by atomic mass is 9.93. The Morgan fingerprint density at radius 1 is 1.40 bits per heavy atom. The van der Waals surface area contributed by atoms with E-state index in [4.69, 9.17) is 16.3 Å². The first-order valence-corrected chi connectivity index (χ1v) is 12.8. The number of fused-ring (bicyclic) bond motifs is 1. The van der Waals surface area contributed by atoms with E-state index in [0.29, 0.717) is 36.4 Å². The first-order valence-electron chi connectivity index (χ1n) is 8.68. The molecular weight excluding hydrogens is 354 g/mol.